The smallest absolute Gasteiger partial charge is 0.149 e. The molecule has 0 aliphatic rings. The fourth-order valence-corrected chi connectivity index (χ4v) is 6.25. The topological polar surface area (TPSA) is 46.2 Å². The summed E-state index contributed by atoms with van der Waals surface area (Å²) in [6.45, 7) is 5.62. The molecular formula is C29H28FNO2S2. The van der Waals surface area contributed by atoms with Gasteiger partial charge in [-0.05, 0) is 56.7 Å². The standard InChI is InChI=1S/C29H28FNO2S2/c1-21-13-17-24(18-14-21)34(32)27-12-8-7-11-26(27)28(30)29(3,23-9-5-4-6-10-23)31-35(33)25-19-15-22(2)16-20-25/h4-20,28,31H,1-3H3/t28-,29-,34-,35?/m0/s1. The predicted octanol–water partition coefficient (Wildman–Crippen LogP) is 6.71. The molecule has 0 bridgehead atoms. The van der Waals surface area contributed by atoms with Crippen LogP contribution < -0.4 is 4.72 Å². The van der Waals surface area contributed by atoms with Gasteiger partial charge >= 0.3 is 0 Å². The van der Waals surface area contributed by atoms with Crippen LogP contribution in [0.2, 0.25) is 0 Å². The van der Waals surface area contributed by atoms with E-state index in [1.807, 2.05) is 68.4 Å². The fraction of sp³-hybridized carbons (Fsp3) is 0.172. The second-order valence-electron chi connectivity index (χ2n) is 8.73. The van der Waals surface area contributed by atoms with Gasteiger partial charge in [0.2, 0.25) is 0 Å². The van der Waals surface area contributed by atoms with Gasteiger partial charge in [-0.3, -0.25) is 0 Å². The van der Waals surface area contributed by atoms with Gasteiger partial charge < -0.3 is 0 Å². The van der Waals surface area contributed by atoms with Gasteiger partial charge in [-0.1, -0.05) is 83.9 Å². The lowest BCUT2D eigenvalue weighted by atomic mass is 9.85. The first-order valence-electron chi connectivity index (χ1n) is 11.3. The molecule has 6 heteroatoms. The van der Waals surface area contributed by atoms with E-state index in [4.69, 9.17) is 0 Å². The van der Waals surface area contributed by atoms with E-state index in [9.17, 15) is 8.42 Å². The minimum atomic E-state index is -1.68. The number of hydrogen-bond donors (Lipinski definition) is 1. The lowest BCUT2D eigenvalue weighted by molar-refractivity contribution is 0.189. The first kappa shape index (κ1) is 25.2. The van der Waals surface area contributed by atoms with E-state index in [2.05, 4.69) is 4.72 Å². The molecule has 4 atom stereocenters. The van der Waals surface area contributed by atoms with Crippen molar-refractivity contribution in [3.05, 3.63) is 125 Å². The number of rotatable bonds is 8. The van der Waals surface area contributed by atoms with Gasteiger partial charge in [0.15, 0.2) is 0 Å². The van der Waals surface area contributed by atoms with Crippen molar-refractivity contribution in [3.8, 4) is 0 Å². The third kappa shape index (κ3) is 5.50. The van der Waals surface area contributed by atoms with E-state index >= 15 is 4.39 Å². The van der Waals surface area contributed by atoms with Crippen LogP contribution in [0.4, 0.5) is 4.39 Å². The quantitative estimate of drug-likeness (QED) is 0.289. The molecule has 0 fully saturated rings. The Kier molecular flexibility index (Phi) is 7.75. The maximum atomic E-state index is 16.7. The largest absolute Gasteiger partial charge is 0.249 e. The highest BCUT2D eigenvalue weighted by atomic mass is 32.2. The van der Waals surface area contributed by atoms with Crippen LogP contribution in [0, 0.1) is 13.8 Å². The van der Waals surface area contributed by atoms with Crippen molar-refractivity contribution in [2.24, 2.45) is 0 Å². The molecule has 35 heavy (non-hydrogen) atoms. The lowest BCUT2D eigenvalue weighted by Gasteiger charge is -2.35. The molecule has 0 heterocycles. The van der Waals surface area contributed by atoms with Crippen molar-refractivity contribution in [2.75, 3.05) is 0 Å². The van der Waals surface area contributed by atoms with Crippen molar-refractivity contribution >= 4 is 21.8 Å². The summed E-state index contributed by atoms with van der Waals surface area (Å²) < 4.78 is 46.5. The highest BCUT2D eigenvalue weighted by Crippen LogP contribution is 2.41. The highest BCUT2D eigenvalue weighted by Gasteiger charge is 2.40. The summed E-state index contributed by atoms with van der Waals surface area (Å²) in [4.78, 5) is 1.56. The Balaban J connectivity index is 1.76. The molecule has 4 aromatic carbocycles. The molecule has 3 nitrogen and oxygen atoms in total. The summed E-state index contributed by atoms with van der Waals surface area (Å²) in [5, 5.41) is 0. The number of aryl methyl sites for hydroxylation is 2. The summed E-state index contributed by atoms with van der Waals surface area (Å²) in [7, 11) is -3.25. The van der Waals surface area contributed by atoms with E-state index < -0.39 is 33.5 Å². The van der Waals surface area contributed by atoms with Gasteiger partial charge in [-0.15, -0.1) is 0 Å². The second kappa shape index (κ2) is 10.8. The van der Waals surface area contributed by atoms with Crippen LogP contribution in [0.1, 0.15) is 35.3 Å². The van der Waals surface area contributed by atoms with Crippen LogP contribution >= 0.6 is 0 Å². The van der Waals surface area contributed by atoms with Crippen LogP contribution in [-0.2, 0) is 27.3 Å². The van der Waals surface area contributed by atoms with Crippen molar-refractivity contribution in [1.82, 2.24) is 4.72 Å². The van der Waals surface area contributed by atoms with Gasteiger partial charge in [-0.25, -0.2) is 17.5 Å². The fourth-order valence-electron chi connectivity index (χ4n) is 3.91. The van der Waals surface area contributed by atoms with Crippen LogP contribution in [-0.4, -0.2) is 8.42 Å². The average molecular weight is 506 g/mol. The highest BCUT2D eigenvalue weighted by molar-refractivity contribution is 7.85. The van der Waals surface area contributed by atoms with Gasteiger partial charge in [0.1, 0.15) is 17.2 Å². The summed E-state index contributed by atoms with van der Waals surface area (Å²) in [6.07, 6.45) is -1.63. The first-order valence-corrected chi connectivity index (χ1v) is 13.6. The molecule has 4 rings (SSSR count). The number of benzene rings is 4. The second-order valence-corrected chi connectivity index (χ2v) is 11.4. The van der Waals surface area contributed by atoms with Gasteiger partial charge in [0, 0.05) is 15.4 Å². The third-order valence-electron chi connectivity index (χ3n) is 6.05. The monoisotopic (exact) mass is 505 g/mol. The van der Waals surface area contributed by atoms with Crippen LogP contribution in [0.25, 0.3) is 0 Å². The zero-order valence-corrected chi connectivity index (χ0v) is 21.5. The average Bonchev–Trinajstić information content (AvgIpc) is 2.89. The number of alkyl halides is 1. The van der Waals surface area contributed by atoms with Crippen molar-refractivity contribution in [3.63, 3.8) is 0 Å². The summed E-state index contributed by atoms with van der Waals surface area (Å²) in [5.74, 6) is 0. The Bertz CT molecular complexity index is 1340. The minimum Gasteiger partial charge on any atom is -0.249 e. The number of hydrogen-bond acceptors (Lipinski definition) is 2. The molecule has 0 aliphatic carbocycles. The molecule has 1 unspecified atom stereocenters. The number of nitrogens with one attached hydrogen (secondary N) is 1. The molecule has 0 amide bonds. The maximum Gasteiger partial charge on any atom is 0.149 e. The van der Waals surface area contributed by atoms with Crippen LogP contribution in [0.5, 0.6) is 0 Å². The first-order chi connectivity index (χ1) is 16.8. The third-order valence-corrected chi connectivity index (χ3v) is 8.83. The molecule has 0 saturated carbocycles. The predicted molar refractivity (Wildman–Crippen MR) is 141 cm³/mol. The van der Waals surface area contributed by atoms with Crippen LogP contribution in [0.3, 0.4) is 0 Å². The molecule has 0 aromatic heterocycles. The van der Waals surface area contributed by atoms with Crippen molar-refractivity contribution in [1.29, 1.82) is 0 Å². The SMILES string of the molecule is Cc1ccc(S(=O)N[C@@](C)(c2ccccc2)[C@@H](F)c2ccccc2[S@@](=O)c2ccc(C)cc2)cc1. The van der Waals surface area contributed by atoms with Crippen LogP contribution in [0.15, 0.2) is 118 Å². The Morgan fingerprint density at radius 3 is 1.83 bits per heavy atom. The molecule has 1 N–H and O–H groups in total. The van der Waals surface area contributed by atoms with Gasteiger partial charge in [0.05, 0.1) is 21.2 Å². The van der Waals surface area contributed by atoms with Gasteiger partial charge in [0.25, 0.3) is 0 Å². The lowest BCUT2D eigenvalue weighted by Crippen LogP contribution is -2.44. The zero-order chi connectivity index (χ0) is 25.0. The molecular weight excluding hydrogens is 477 g/mol. The van der Waals surface area contributed by atoms with E-state index in [-0.39, 0.29) is 0 Å². The normalized spacial score (nSPS) is 15.7. The Morgan fingerprint density at radius 1 is 0.714 bits per heavy atom. The molecule has 0 radical (unpaired) electrons. The Labute approximate surface area is 211 Å². The summed E-state index contributed by atoms with van der Waals surface area (Å²) in [6, 6.07) is 30.7. The van der Waals surface area contributed by atoms with Crippen molar-refractivity contribution in [2.45, 2.75) is 47.2 Å². The van der Waals surface area contributed by atoms with E-state index in [1.54, 1.807) is 55.5 Å². The summed E-state index contributed by atoms with van der Waals surface area (Å²) >= 11 is 0. The van der Waals surface area contributed by atoms with E-state index in [0.717, 1.165) is 11.1 Å². The molecule has 0 saturated heterocycles. The van der Waals surface area contributed by atoms with Crippen molar-refractivity contribution < 1.29 is 12.8 Å². The molecule has 180 valence electrons. The number of halogens is 1. The molecule has 0 aliphatic heterocycles. The molecule has 4 aromatic rings. The van der Waals surface area contributed by atoms with E-state index in [0.29, 0.717) is 25.8 Å². The maximum absolute atomic E-state index is 16.7. The Hall–Kier alpha value is -2.93. The van der Waals surface area contributed by atoms with Gasteiger partial charge in [-0.2, -0.15) is 0 Å². The minimum absolute atomic E-state index is 0.297. The Morgan fingerprint density at radius 2 is 1.23 bits per heavy atom. The summed E-state index contributed by atoms with van der Waals surface area (Å²) in [5.41, 5.74) is 1.69. The molecule has 0 spiro atoms. The van der Waals surface area contributed by atoms with E-state index in [1.165, 1.54) is 0 Å². The zero-order valence-electron chi connectivity index (χ0n) is 19.9.